The van der Waals surface area contributed by atoms with Gasteiger partial charge in [-0.3, -0.25) is 0 Å². The van der Waals surface area contributed by atoms with Gasteiger partial charge in [-0.1, -0.05) is 0 Å². The van der Waals surface area contributed by atoms with Gasteiger partial charge < -0.3 is 19.5 Å². The molecular weight excluding hydrogens is 218 g/mol. The average Bonchev–Trinajstić information content (AvgIpc) is 2.38. The second kappa shape index (κ2) is 7.01. The van der Waals surface area contributed by atoms with Crippen molar-refractivity contribution in [3.8, 4) is 11.5 Å². The number of hydrogen-bond acceptors (Lipinski definition) is 4. The van der Waals surface area contributed by atoms with E-state index in [1.54, 1.807) is 14.2 Å². The summed E-state index contributed by atoms with van der Waals surface area (Å²) in [6, 6.07) is 5.73. The molecule has 0 aliphatic rings. The van der Waals surface area contributed by atoms with E-state index in [1.165, 1.54) is 0 Å². The van der Waals surface area contributed by atoms with Gasteiger partial charge in [-0.15, -0.1) is 0 Å². The first kappa shape index (κ1) is 13.6. The lowest BCUT2D eigenvalue weighted by Crippen LogP contribution is -2.19. The van der Waals surface area contributed by atoms with E-state index in [4.69, 9.17) is 14.6 Å². The van der Waals surface area contributed by atoms with Gasteiger partial charge in [0.25, 0.3) is 0 Å². The van der Waals surface area contributed by atoms with E-state index >= 15 is 0 Å². The molecule has 0 aromatic heterocycles. The van der Waals surface area contributed by atoms with Crippen molar-refractivity contribution in [2.45, 2.75) is 12.8 Å². The molecule has 0 radical (unpaired) electrons. The van der Waals surface area contributed by atoms with Crippen LogP contribution in [-0.2, 0) is 0 Å². The van der Waals surface area contributed by atoms with E-state index in [9.17, 15) is 0 Å². The van der Waals surface area contributed by atoms with E-state index in [0.29, 0.717) is 0 Å². The highest BCUT2D eigenvalue weighted by molar-refractivity contribution is 5.61. The Morgan fingerprint density at radius 1 is 1.18 bits per heavy atom. The van der Waals surface area contributed by atoms with E-state index in [1.807, 2.05) is 25.2 Å². The molecule has 0 heterocycles. The number of aliphatic hydroxyl groups is 1. The summed E-state index contributed by atoms with van der Waals surface area (Å²) < 4.78 is 10.5. The smallest absolute Gasteiger partial charge is 0.142 e. The summed E-state index contributed by atoms with van der Waals surface area (Å²) in [6.07, 6.45) is 1.77. The Morgan fingerprint density at radius 2 is 1.94 bits per heavy atom. The van der Waals surface area contributed by atoms with Gasteiger partial charge in [0, 0.05) is 26.3 Å². The Morgan fingerprint density at radius 3 is 2.53 bits per heavy atom. The van der Waals surface area contributed by atoms with Crippen LogP contribution in [0, 0.1) is 0 Å². The fraction of sp³-hybridized carbons (Fsp3) is 0.538. The second-order valence-electron chi connectivity index (χ2n) is 3.89. The maximum atomic E-state index is 8.77. The molecule has 0 aliphatic heterocycles. The van der Waals surface area contributed by atoms with Gasteiger partial charge in [-0.2, -0.15) is 0 Å². The topological polar surface area (TPSA) is 41.9 Å². The van der Waals surface area contributed by atoms with Crippen molar-refractivity contribution < 1.29 is 14.6 Å². The number of rotatable bonds is 7. The third-order valence-electron chi connectivity index (χ3n) is 2.70. The molecule has 0 bridgehead atoms. The minimum atomic E-state index is 0.239. The van der Waals surface area contributed by atoms with Gasteiger partial charge in [0.15, 0.2) is 0 Å². The molecule has 0 aliphatic carbocycles. The highest BCUT2D eigenvalue weighted by Crippen LogP contribution is 2.31. The molecule has 17 heavy (non-hydrogen) atoms. The predicted molar refractivity (Wildman–Crippen MR) is 69.1 cm³/mol. The van der Waals surface area contributed by atoms with Crippen LogP contribution in [-0.4, -0.2) is 39.5 Å². The van der Waals surface area contributed by atoms with Crippen molar-refractivity contribution in [1.29, 1.82) is 0 Å². The van der Waals surface area contributed by atoms with Crippen molar-refractivity contribution >= 4 is 5.69 Å². The van der Waals surface area contributed by atoms with Gasteiger partial charge in [-0.05, 0) is 25.0 Å². The molecule has 0 spiro atoms. The number of aliphatic hydroxyl groups excluding tert-OH is 1. The lowest BCUT2D eigenvalue weighted by molar-refractivity contribution is 0.285. The van der Waals surface area contributed by atoms with Crippen LogP contribution in [0.2, 0.25) is 0 Å². The standard InChI is InChI=1S/C13H21NO3/c1-14(8-4-5-9-15)12-10-11(16-2)6-7-13(12)17-3/h6-7,10,15H,4-5,8-9H2,1-3H3. The monoisotopic (exact) mass is 239 g/mol. The van der Waals surface area contributed by atoms with Crippen LogP contribution in [0.15, 0.2) is 18.2 Å². The molecule has 1 aromatic carbocycles. The molecule has 1 aromatic rings. The molecule has 0 atom stereocenters. The SMILES string of the molecule is COc1ccc(OC)c(N(C)CCCCO)c1. The summed E-state index contributed by atoms with van der Waals surface area (Å²) in [4.78, 5) is 2.11. The second-order valence-corrected chi connectivity index (χ2v) is 3.89. The Balaban J connectivity index is 2.78. The van der Waals surface area contributed by atoms with E-state index in [0.717, 1.165) is 36.6 Å². The van der Waals surface area contributed by atoms with Gasteiger partial charge in [0.05, 0.1) is 19.9 Å². The van der Waals surface area contributed by atoms with E-state index in [-0.39, 0.29) is 6.61 Å². The van der Waals surface area contributed by atoms with Crippen molar-refractivity contribution in [2.75, 3.05) is 39.3 Å². The number of ether oxygens (including phenoxy) is 2. The summed E-state index contributed by atoms with van der Waals surface area (Å²) in [5.41, 5.74) is 1.00. The summed E-state index contributed by atoms with van der Waals surface area (Å²) >= 11 is 0. The zero-order valence-corrected chi connectivity index (χ0v) is 10.8. The zero-order valence-electron chi connectivity index (χ0n) is 10.8. The first-order valence-corrected chi connectivity index (χ1v) is 5.77. The number of nitrogens with zero attached hydrogens (tertiary/aromatic N) is 1. The highest BCUT2D eigenvalue weighted by Gasteiger charge is 2.09. The van der Waals surface area contributed by atoms with E-state index < -0.39 is 0 Å². The van der Waals surface area contributed by atoms with Crippen LogP contribution in [0.4, 0.5) is 5.69 Å². The summed E-state index contributed by atoms with van der Waals surface area (Å²) in [5.74, 6) is 1.65. The molecule has 4 heteroatoms. The predicted octanol–water partition coefficient (Wildman–Crippen LogP) is 1.91. The summed E-state index contributed by atoms with van der Waals surface area (Å²) in [5, 5.41) is 8.77. The normalized spacial score (nSPS) is 10.1. The van der Waals surface area contributed by atoms with Crippen LogP contribution in [0.3, 0.4) is 0 Å². The lowest BCUT2D eigenvalue weighted by Gasteiger charge is -2.22. The minimum absolute atomic E-state index is 0.239. The molecule has 0 unspecified atom stereocenters. The van der Waals surface area contributed by atoms with Crippen molar-refractivity contribution in [2.24, 2.45) is 0 Å². The molecule has 4 nitrogen and oxygen atoms in total. The molecular formula is C13H21NO3. The molecule has 96 valence electrons. The van der Waals surface area contributed by atoms with Crippen LogP contribution in [0.25, 0.3) is 0 Å². The largest absolute Gasteiger partial charge is 0.497 e. The Hall–Kier alpha value is -1.42. The van der Waals surface area contributed by atoms with Crippen LogP contribution in [0.5, 0.6) is 11.5 Å². The Kier molecular flexibility index (Phi) is 5.63. The Bertz CT molecular complexity index is 341. The van der Waals surface area contributed by atoms with Crippen LogP contribution >= 0.6 is 0 Å². The minimum Gasteiger partial charge on any atom is -0.497 e. The molecule has 0 fully saturated rings. The molecule has 0 saturated carbocycles. The first-order chi connectivity index (χ1) is 8.22. The van der Waals surface area contributed by atoms with Gasteiger partial charge in [0.1, 0.15) is 11.5 Å². The lowest BCUT2D eigenvalue weighted by atomic mass is 10.2. The maximum absolute atomic E-state index is 8.77. The van der Waals surface area contributed by atoms with Crippen LogP contribution in [0.1, 0.15) is 12.8 Å². The quantitative estimate of drug-likeness (QED) is 0.738. The molecule has 0 saturated heterocycles. The number of hydrogen-bond donors (Lipinski definition) is 1. The summed E-state index contributed by atoms with van der Waals surface area (Å²) in [7, 11) is 5.32. The number of methoxy groups -OCH3 is 2. The van der Waals surface area contributed by atoms with Gasteiger partial charge in [-0.25, -0.2) is 0 Å². The third kappa shape index (κ3) is 3.82. The number of benzene rings is 1. The number of unbranched alkanes of at least 4 members (excludes halogenated alkanes) is 1. The summed E-state index contributed by atoms with van der Waals surface area (Å²) in [6.45, 7) is 1.12. The highest BCUT2D eigenvalue weighted by atomic mass is 16.5. The molecule has 1 N–H and O–H groups in total. The van der Waals surface area contributed by atoms with Crippen molar-refractivity contribution in [3.63, 3.8) is 0 Å². The maximum Gasteiger partial charge on any atom is 0.142 e. The van der Waals surface area contributed by atoms with Crippen LogP contribution < -0.4 is 14.4 Å². The molecule has 0 amide bonds. The Labute approximate surface area is 103 Å². The van der Waals surface area contributed by atoms with Crippen molar-refractivity contribution in [1.82, 2.24) is 0 Å². The van der Waals surface area contributed by atoms with E-state index in [2.05, 4.69) is 4.90 Å². The third-order valence-corrected chi connectivity index (χ3v) is 2.70. The number of anilines is 1. The van der Waals surface area contributed by atoms with Gasteiger partial charge >= 0.3 is 0 Å². The first-order valence-electron chi connectivity index (χ1n) is 5.77. The average molecular weight is 239 g/mol. The fourth-order valence-electron chi connectivity index (χ4n) is 1.68. The fourth-order valence-corrected chi connectivity index (χ4v) is 1.68. The zero-order chi connectivity index (χ0) is 12.7. The van der Waals surface area contributed by atoms with Crippen molar-refractivity contribution in [3.05, 3.63) is 18.2 Å². The van der Waals surface area contributed by atoms with Gasteiger partial charge in [0.2, 0.25) is 0 Å². The molecule has 1 rings (SSSR count).